The lowest BCUT2D eigenvalue weighted by atomic mass is 9.83. The van der Waals surface area contributed by atoms with Crippen molar-refractivity contribution in [2.75, 3.05) is 0 Å². The molecular weight excluding hydrogens is 148 g/mol. The molecule has 0 aromatic heterocycles. The minimum atomic E-state index is 0.238. The van der Waals surface area contributed by atoms with E-state index in [1.54, 1.807) is 0 Å². The monoisotopic (exact) mass is 160 g/mol. The largest absolute Gasteiger partial charge is 0.478 e. The molecule has 4 rings (SSSR count). The highest BCUT2D eigenvalue weighted by Gasteiger charge is 2.77. The Hall–Kier alpha value is -0.720. The molecule has 4 aliphatic rings. The highest BCUT2D eigenvalue weighted by Crippen LogP contribution is 2.76. The molecular formula is C11H12O. The summed E-state index contributed by atoms with van der Waals surface area (Å²) in [5, 5.41) is 0. The van der Waals surface area contributed by atoms with Crippen LogP contribution in [0.3, 0.4) is 0 Å². The van der Waals surface area contributed by atoms with E-state index in [1.165, 1.54) is 31.4 Å². The minimum Gasteiger partial charge on any atom is -0.478 e. The molecule has 1 nitrogen and oxygen atoms in total. The normalized spacial score (nSPS) is 49.3. The van der Waals surface area contributed by atoms with Crippen LogP contribution in [0.2, 0.25) is 0 Å². The summed E-state index contributed by atoms with van der Waals surface area (Å²) in [5.41, 5.74) is 0.843. The van der Waals surface area contributed by atoms with Gasteiger partial charge in [-0.3, -0.25) is 0 Å². The molecule has 0 aromatic carbocycles. The predicted molar refractivity (Wildman–Crippen MR) is 45.4 cm³/mol. The maximum Gasteiger partial charge on any atom is 0.177 e. The first kappa shape index (κ1) is 5.85. The zero-order chi connectivity index (χ0) is 7.81. The summed E-state index contributed by atoms with van der Waals surface area (Å²) >= 11 is 0. The predicted octanol–water partition coefficient (Wildman–Crippen LogP) is 2.40. The SMILES string of the molecule is C1=CC2CCC3(CC3)C23OC3=C1. The Morgan fingerprint density at radius 1 is 1.33 bits per heavy atom. The van der Waals surface area contributed by atoms with E-state index < -0.39 is 0 Å². The number of hydrogen-bond acceptors (Lipinski definition) is 1. The van der Waals surface area contributed by atoms with Gasteiger partial charge in [0.1, 0.15) is 5.76 Å². The number of rotatable bonds is 0. The van der Waals surface area contributed by atoms with Crippen molar-refractivity contribution in [3.8, 4) is 0 Å². The quantitative estimate of drug-likeness (QED) is 0.496. The molecule has 12 heavy (non-hydrogen) atoms. The molecule has 1 aliphatic heterocycles. The van der Waals surface area contributed by atoms with Crippen LogP contribution in [0.4, 0.5) is 0 Å². The highest BCUT2D eigenvalue weighted by atomic mass is 16.6. The molecule has 1 heterocycles. The van der Waals surface area contributed by atoms with E-state index in [0.29, 0.717) is 5.41 Å². The zero-order valence-corrected chi connectivity index (χ0v) is 7.05. The smallest absolute Gasteiger partial charge is 0.177 e. The first-order valence-corrected chi connectivity index (χ1v) is 4.95. The molecule has 2 saturated carbocycles. The van der Waals surface area contributed by atoms with Crippen LogP contribution in [-0.2, 0) is 4.74 Å². The summed E-state index contributed by atoms with van der Waals surface area (Å²) in [7, 11) is 0. The van der Waals surface area contributed by atoms with Gasteiger partial charge in [0.25, 0.3) is 0 Å². The highest BCUT2D eigenvalue weighted by molar-refractivity contribution is 5.45. The van der Waals surface area contributed by atoms with Crippen LogP contribution in [0, 0.1) is 11.3 Å². The average molecular weight is 160 g/mol. The van der Waals surface area contributed by atoms with Crippen molar-refractivity contribution in [1.82, 2.24) is 0 Å². The van der Waals surface area contributed by atoms with Gasteiger partial charge >= 0.3 is 0 Å². The molecule has 0 radical (unpaired) electrons. The Labute approximate surface area is 72.1 Å². The zero-order valence-electron chi connectivity index (χ0n) is 7.05. The fourth-order valence-corrected chi connectivity index (χ4v) is 3.43. The van der Waals surface area contributed by atoms with Crippen LogP contribution >= 0.6 is 0 Å². The van der Waals surface area contributed by atoms with Crippen LogP contribution in [0.25, 0.3) is 0 Å². The van der Waals surface area contributed by atoms with E-state index in [4.69, 9.17) is 4.74 Å². The van der Waals surface area contributed by atoms with Gasteiger partial charge in [-0.25, -0.2) is 0 Å². The van der Waals surface area contributed by atoms with Gasteiger partial charge in [0, 0.05) is 11.3 Å². The van der Waals surface area contributed by atoms with Gasteiger partial charge in [0.05, 0.1) is 0 Å². The lowest BCUT2D eigenvalue weighted by Crippen LogP contribution is -2.25. The van der Waals surface area contributed by atoms with Crippen molar-refractivity contribution < 1.29 is 4.74 Å². The van der Waals surface area contributed by atoms with E-state index in [2.05, 4.69) is 18.2 Å². The summed E-state index contributed by atoms with van der Waals surface area (Å²) < 4.78 is 5.87. The van der Waals surface area contributed by atoms with Gasteiger partial charge in [-0.15, -0.1) is 0 Å². The third-order valence-corrected chi connectivity index (χ3v) is 4.28. The maximum absolute atomic E-state index is 5.87. The summed E-state index contributed by atoms with van der Waals surface area (Å²) in [6, 6.07) is 0. The van der Waals surface area contributed by atoms with Gasteiger partial charge in [0.2, 0.25) is 0 Å². The van der Waals surface area contributed by atoms with Gasteiger partial charge in [-0.2, -0.15) is 0 Å². The molecule has 0 aromatic rings. The molecule has 2 spiro atoms. The van der Waals surface area contributed by atoms with E-state index >= 15 is 0 Å². The number of epoxide rings is 1. The summed E-state index contributed by atoms with van der Waals surface area (Å²) in [5.74, 6) is 2.02. The van der Waals surface area contributed by atoms with Crippen molar-refractivity contribution in [1.29, 1.82) is 0 Å². The molecule has 1 heteroatoms. The van der Waals surface area contributed by atoms with Crippen LogP contribution in [0.5, 0.6) is 0 Å². The average Bonchev–Trinajstić information content (AvgIpc) is 2.92. The van der Waals surface area contributed by atoms with Crippen molar-refractivity contribution in [3.63, 3.8) is 0 Å². The molecule has 2 atom stereocenters. The van der Waals surface area contributed by atoms with Gasteiger partial charge in [-0.05, 0) is 31.8 Å². The maximum atomic E-state index is 5.87. The minimum absolute atomic E-state index is 0.238. The van der Waals surface area contributed by atoms with E-state index in [9.17, 15) is 0 Å². The fraction of sp³-hybridized carbons (Fsp3) is 0.636. The van der Waals surface area contributed by atoms with E-state index in [0.717, 1.165) is 5.92 Å². The first-order chi connectivity index (χ1) is 5.87. The molecule has 0 bridgehead atoms. The van der Waals surface area contributed by atoms with Crippen LogP contribution < -0.4 is 0 Å². The summed E-state index contributed by atoms with van der Waals surface area (Å²) in [6.45, 7) is 0. The number of allylic oxidation sites excluding steroid dienone is 2. The topological polar surface area (TPSA) is 12.5 Å². The van der Waals surface area contributed by atoms with Crippen molar-refractivity contribution in [3.05, 3.63) is 24.0 Å². The molecule has 62 valence electrons. The van der Waals surface area contributed by atoms with Crippen LogP contribution in [-0.4, -0.2) is 5.60 Å². The Morgan fingerprint density at radius 2 is 2.25 bits per heavy atom. The third-order valence-electron chi connectivity index (χ3n) is 4.28. The lowest BCUT2D eigenvalue weighted by Gasteiger charge is -2.16. The Morgan fingerprint density at radius 3 is 3.08 bits per heavy atom. The lowest BCUT2D eigenvalue weighted by molar-refractivity contribution is 0.204. The molecule has 0 N–H and O–H groups in total. The first-order valence-electron chi connectivity index (χ1n) is 4.95. The number of hydrogen-bond donors (Lipinski definition) is 0. The van der Waals surface area contributed by atoms with Gasteiger partial charge in [0.15, 0.2) is 5.60 Å². The molecule has 0 amide bonds. The Bertz CT molecular complexity index is 322. The second-order valence-electron chi connectivity index (χ2n) is 4.68. The second-order valence-corrected chi connectivity index (χ2v) is 4.68. The third kappa shape index (κ3) is 0.392. The Kier molecular flexibility index (Phi) is 0.675. The van der Waals surface area contributed by atoms with Crippen LogP contribution in [0.15, 0.2) is 24.0 Å². The van der Waals surface area contributed by atoms with Crippen LogP contribution in [0.1, 0.15) is 25.7 Å². The number of ether oxygens (including phenoxy) is 1. The molecule has 3 aliphatic carbocycles. The summed E-state index contributed by atoms with van der Waals surface area (Å²) in [4.78, 5) is 0. The van der Waals surface area contributed by atoms with E-state index in [-0.39, 0.29) is 5.60 Å². The van der Waals surface area contributed by atoms with Crippen molar-refractivity contribution >= 4 is 0 Å². The molecule has 1 saturated heterocycles. The van der Waals surface area contributed by atoms with E-state index in [1.807, 2.05) is 0 Å². The van der Waals surface area contributed by atoms with Gasteiger partial charge < -0.3 is 4.74 Å². The summed E-state index contributed by atoms with van der Waals surface area (Å²) in [6.07, 6.45) is 12.3. The van der Waals surface area contributed by atoms with Crippen molar-refractivity contribution in [2.24, 2.45) is 11.3 Å². The second kappa shape index (κ2) is 1.39. The fourth-order valence-electron chi connectivity index (χ4n) is 3.43. The molecule has 3 fully saturated rings. The standard InChI is InChI=1S/C11H12O/c1-2-8-4-5-10(6-7-10)11(8)9(3-1)12-11/h1-3,8H,4-7H2. The molecule has 2 unspecified atom stereocenters. The van der Waals surface area contributed by atoms with Gasteiger partial charge in [-0.1, -0.05) is 12.2 Å². The van der Waals surface area contributed by atoms with Crippen molar-refractivity contribution in [2.45, 2.75) is 31.3 Å². The Balaban J connectivity index is 1.92.